The molecule has 2 aromatic rings. The minimum absolute atomic E-state index is 0.117. The lowest BCUT2D eigenvalue weighted by Gasteiger charge is -2.12. The summed E-state index contributed by atoms with van der Waals surface area (Å²) in [4.78, 5) is 0. The van der Waals surface area contributed by atoms with Crippen LogP contribution in [0.4, 0.5) is 0 Å². The molecule has 0 aromatic heterocycles. The molecule has 0 aliphatic carbocycles. The summed E-state index contributed by atoms with van der Waals surface area (Å²) in [6, 6.07) is 12.0. The van der Waals surface area contributed by atoms with E-state index in [1.54, 1.807) is 0 Å². The summed E-state index contributed by atoms with van der Waals surface area (Å²) >= 11 is 0. The van der Waals surface area contributed by atoms with Gasteiger partial charge in [0.05, 0.1) is 13.2 Å². The number of rotatable bonds is 2. The minimum atomic E-state index is -0.117. The normalized spacial score (nSPS) is 17.8. The summed E-state index contributed by atoms with van der Waals surface area (Å²) in [5, 5.41) is 10.9. The van der Waals surface area contributed by atoms with E-state index >= 15 is 0 Å². The number of ether oxygens (including phenoxy) is 2. The van der Waals surface area contributed by atoms with Gasteiger partial charge in [0.2, 0.25) is 0 Å². The second kappa shape index (κ2) is 5.96. The molecule has 1 heterocycles. The SMILES string of the molecule is OCC#Cc1ccc2cc(OC3CCOC3)ccc2c1. The lowest BCUT2D eigenvalue weighted by Crippen LogP contribution is -2.15. The van der Waals surface area contributed by atoms with Gasteiger partial charge in [0.15, 0.2) is 0 Å². The summed E-state index contributed by atoms with van der Waals surface area (Å²) in [6.45, 7) is 1.34. The molecule has 1 N–H and O–H groups in total. The molecule has 3 rings (SSSR count). The van der Waals surface area contributed by atoms with Gasteiger partial charge in [-0.05, 0) is 35.0 Å². The first kappa shape index (κ1) is 13.0. The largest absolute Gasteiger partial charge is 0.488 e. The Morgan fingerprint density at radius 3 is 2.85 bits per heavy atom. The van der Waals surface area contributed by atoms with Crippen LogP contribution in [-0.2, 0) is 4.74 Å². The van der Waals surface area contributed by atoms with Crippen LogP contribution in [0.2, 0.25) is 0 Å². The Labute approximate surface area is 118 Å². The van der Waals surface area contributed by atoms with Crippen LogP contribution in [0.1, 0.15) is 12.0 Å². The molecule has 0 amide bonds. The highest BCUT2D eigenvalue weighted by Crippen LogP contribution is 2.24. The van der Waals surface area contributed by atoms with Crippen molar-refractivity contribution in [2.24, 2.45) is 0 Å². The second-order valence-corrected chi connectivity index (χ2v) is 4.79. The lowest BCUT2D eigenvalue weighted by atomic mass is 10.1. The molecule has 20 heavy (non-hydrogen) atoms. The monoisotopic (exact) mass is 268 g/mol. The smallest absolute Gasteiger partial charge is 0.124 e. The van der Waals surface area contributed by atoms with Crippen molar-refractivity contribution < 1.29 is 14.6 Å². The Kier molecular flexibility index (Phi) is 3.87. The molecule has 2 aromatic carbocycles. The van der Waals surface area contributed by atoms with E-state index in [1.807, 2.05) is 36.4 Å². The average molecular weight is 268 g/mol. The van der Waals surface area contributed by atoms with E-state index in [2.05, 4.69) is 11.8 Å². The Morgan fingerprint density at radius 1 is 1.20 bits per heavy atom. The zero-order valence-corrected chi connectivity index (χ0v) is 11.1. The molecule has 0 bridgehead atoms. The van der Waals surface area contributed by atoms with Gasteiger partial charge < -0.3 is 14.6 Å². The Morgan fingerprint density at radius 2 is 2.05 bits per heavy atom. The quantitative estimate of drug-likeness (QED) is 0.850. The van der Waals surface area contributed by atoms with Gasteiger partial charge in [-0.2, -0.15) is 0 Å². The summed E-state index contributed by atoms with van der Waals surface area (Å²) in [7, 11) is 0. The van der Waals surface area contributed by atoms with Crippen LogP contribution in [0.3, 0.4) is 0 Å². The molecule has 1 unspecified atom stereocenters. The standard InChI is InChI=1S/C17H16O3/c18-8-1-2-13-3-4-15-11-16(6-5-14(15)10-13)20-17-7-9-19-12-17/h3-6,10-11,17-18H,7-9,12H2. The maximum absolute atomic E-state index is 8.71. The molecule has 3 heteroatoms. The van der Waals surface area contributed by atoms with Gasteiger partial charge in [0, 0.05) is 12.0 Å². The maximum Gasteiger partial charge on any atom is 0.124 e. The van der Waals surface area contributed by atoms with E-state index in [4.69, 9.17) is 14.6 Å². The second-order valence-electron chi connectivity index (χ2n) is 4.79. The van der Waals surface area contributed by atoms with Crippen molar-refractivity contribution in [3.8, 4) is 17.6 Å². The highest BCUT2D eigenvalue weighted by molar-refractivity contribution is 5.85. The number of aliphatic hydroxyl groups excluding tert-OH is 1. The van der Waals surface area contributed by atoms with Gasteiger partial charge in [-0.1, -0.05) is 24.0 Å². The third kappa shape index (κ3) is 2.93. The summed E-state index contributed by atoms with van der Waals surface area (Å²) in [5.74, 6) is 6.44. The minimum Gasteiger partial charge on any atom is -0.488 e. The number of benzene rings is 2. The topological polar surface area (TPSA) is 38.7 Å². The highest BCUT2D eigenvalue weighted by Gasteiger charge is 2.17. The van der Waals surface area contributed by atoms with E-state index in [0.29, 0.717) is 6.61 Å². The van der Waals surface area contributed by atoms with E-state index < -0.39 is 0 Å². The van der Waals surface area contributed by atoms with Gasteiger partial charge in [0.1, 0.15) is 18.5 Å². The molecule has 1 aliphatic heterocycles. The lowest BCUT2D eigenvalue weighted by molar-refractivity contribution is 0.141. The predicted octanol–water partition coefficient (Wildman–Crippen LogP) is 2.35. The molecule has 1 atom stereocenters. The number of hydrogen-bond acceptors (Lipinski definition) is 3. The average Bonchev–Trinajstić information content (AvgIpc) is 2.98. The van der Waals surface area contributed by atoms with Gasteiger partial charge in [-0.15, -0.1) is 0 Å². The van der Waals surface area contributed by atoms with Crippen LogP contribution < -0.4 is 4.74 Å². The van der Waals surface area contributed by atoms with Gasteiger partial charge in [-0.3, -0.25) is 0 Å². The maximum atomic E-state index is 8.71. The fourth-order valence-electron chi connectivity index (χ4n) is 2.31. The molecule has 3 nitrogen and oxygen atoms in total. The third-order valence-electron chi connectivity index (χ3n) is 3.31. The summed E-state index contributed by atoms with van der Waals surface area (Å²) < 4.78 is 11.2. The van der Waals surface area contributed by atoms with Crippen molar-refractivity contribution in [3.63, 3.8) is 0 Å². The van der Waals surface area contributed by atoms with E-state index in [0.717, 1.165) is 35.1 Å². The molecule has 1 saturated heterocycles. The molecule has 102 valence electrons. The predicted molar refractivity (Wildman–Crippen MR) is 77.8 cm³/mol. The third-order valence-corrected chi connectivity index (χ3v) is 3.31. The van der Waals surface area contributed by atoms with E-state index in [-0.39, 0.29) is 12.7 Å². The fraction of sp³-hybridized carbons (Fsp3) is 0.294. The zero-order chi connectivity index (χ0) is 13.8. The number of aliphatic hydroxyl groups is 1. The van der Waals surface area contributed by atoms with Crippen molar-refractivity contribution in [1.82, 2.24) is 0 Å². The van der Waals surface area contributed by atoms with Crippen molar-refractivity contribution in [2.75, 3.05) is 19.8 Å². The van der Waals surface area contributed by atoms with Gasteiger partial charge in [-0.25, -0.2) is 0 Å². The van der Waals surface area contributed by atoms with Crippen LogP contribution in [-0.4, -0.2) is 31.0 Å². The number of fused-ring (bicyclic) bond motifs is 1. The van der Waals surface area contributed by atoms with Crippen molar-refractivity contribution in [2.45, 2.75) is 12.5 Å². The van der Waals surface area contributed by atoms with E-state index in [1.165, 1.54) is 0 Å². The first-order chi connectivity index (χ1) is 9.85. The first-order valence-electron chi connectivity index (χ1n) is 6.73. The Hall–Kier alpha value is -2.02. The van der Waals surface area contributed by atoms with Gasteiger partial charge in [0.25, 0.3) is 0 Å². The van der Waals surface area contributed by atoms with Crippen LogP contribution in [0.15, 0.2) is 36.4 Å². The molecular formula is C17H16O3. The molecule has 1 aliphatic rings. The molecule has 1 fully saturated rings. The summed E-state index contributed by atoms with van der Waals surface area (Å²) in [5.41, 5.74) is 0.907. The van der Waals surface area contributed by atoms with Crippen LogP contribution in [0.25, 0.3) is 10.8 Å². The fourth-order valence-corrected chi connectivity index (χ4v) is 2.31. The Bertz CT molecular complexity index is 661. The Balaban J connectivity index is 1.84. The number of hydrogen-bond donors (Lipinski definition) is 1. The van der Waals surface area contributed by atoms with Gasteiger partial charge >= 0.3 is 0 Å². The van der Waals surface area contributed by atoms with Crippen LogP contribution in [0.5, 0.6) is 5.75 Å². The molecule has 0 saturated carbocycles. The van der Waals surface area contributed by atoms with Crippen LogP contribution >= 0.6 is 0 Å². The van der Waals surface area contributed by atoms with Crippen LogP contribution in [0, 0.1) is 11.8 Å². The zero-order valence-electron chi connectivity index (χ0n) is 11.1. The molecule has 0 spiro atoms. The summed E-state index contributed by atoms with van der Waals surface area (Å²) in [6.07, 6.45) is 1.12. The van der Waals surface area contributed by atoms with E-state index in [9.17, 15) is 0 Å². The molecule has 0 radical (unpaired) electrons. The van der Waals surface area contributed by atoms with Crippen molar-refractivity contribution >= 4 is 10.8 Å². The first-order valence-corrected chi connectivity index (χ1v) is 6.73. The van der Waals surface area contributed by atoms with Crippen molar-refractivity contribution in [3.05, 3.63) is 42.0 Å². The highest BCUT2D eigenvalue weighted by atomic mass is 16.5. The van der Waals surface area contributed by atoms with Crippen molar-refractivity contribution in [1.29, 1.82) is 0 Å². The molecular weight excluding hydrogens is 252 g/mol.